The third-order valence-corrected chi connectivity index (χ3v) is 5.89. The molecule has 0 amide bonds. The van der Waals surface area contributed by atoms with Crippen LogP contribution in [0, 0.1) is 17.2 Å². The highest BCUT2D eigenvalue weighted by Gasteiger charge is 2.29. The van der Waals surface area contributed by atoms with Crippen molar-refractivity contribution in [1.82, 2.24) is 4.72 Å². The molecule has 2 unspecified atom stereocenters. The maximum atomic E-state index is 12.8. The molecule has 1 aromatic carbocycles. The van der Waals surface area contributed by atoms with Gasteiger partial charge in [-0.1, -0.05) is 19.8 Å². The van der Waals surface area contributed by atoms with Gasteiger partial charge in [0.25, 0.3) is 0 Å². The van der Waals surface area contributed by atoms with E-state index >= 15 is 0 Å². The van der Waals surface area contributed by atoms with Crippen molar-refractivity contribution in [1.29, 1.82) is 5.26 Å². The summed E-state index contributed by atoms with van der Waals surface area (Å²) in [7, 11) is -2.49. The van der Waals surface area contributed by atoms with Crippen LogP contribution >= 0.6 is 0 Å². The number of methoxy groups -OCH3 is 1. The minimum Gasteiger partial charge on any atom is -0.495 e. The number of hydrogen-bond acceptors (Lipinski definition) is 6. The fourth-order valence-electron chi connectivity index (χ4n) is 2.95. The summed E-state index contributed by atoms with van der Waals surface area (Å²) in [6.07, 6.45) is 3.84. The summed E-state index contributed by atoms with van der Waals surface area (Å²) in [6.45, 7) is 1.63. The molecule has 0 heterocycles. The summed E-state index contributed by atoms with van der Waals surface area (Å²) in [6, 6.07) is 5.58. The molecule has 0 aromatic heterocycles. The number of hydrogen-bond donors (Lipinski definition) is 1. The molecule has 1 saturated carbocycles. The summed E-state index contributed by atoms with van der Waals surface area (Å²) >= 11 is 0. The van der Waals surface area contributed by atoms with E-state index in [0.717, 1.165) is 25.7 Å². The molecule has 0 bridgehead atoms. The molecule has 25 heavy (non-hydrogen) atoms. The molecule has 1 fully saturated rings. The maximum Gasteiger partial charge on any atom is 0.339 e. The quantitative estimate of drug-likeness (QED) is 0.774. The molecule has 1 aliphatic carbocycles. The molecular formula is C17H22N2O5S. The van der Waals surface area contributed by atoms with Gasteiger partial charge < -0.3 is 9.47 Å². The van der Waals surface area contributed by atoms with Crippen LogP contribution in [0.15, 0.2) is 23.1 Å². The Kier molecular flexibility index (Phi) is 6.39. The van der Waals surface area contributed by atoms with E-state index in [0.29, 0.717) is 0 Å². The van der Waals surface area contributed by atoms with Crippen LogP contribution in [-0.2, 0) is 14.8 Å². The van der Waals surface area contributed by atoms with E-state index in [1.807, 2.05) is 6.92 Å². The van der Waals surface area contributed by atoms with Gasteiger partial charge in [0.1, 0.15) is 16.7 Å². The van der Waals surface area contributed by atoms with Crippen LogP contribution in [0.3, 0.4) is 0 Å². The van der Waals surface area contributed by atoms with Crippen molar-refractivity contribution in [2.24, 2.45) is 5.92 Å². The topological polar surface area (TPSA) is 105 Å². The molecule has 2 atom stereocenters. The number of ether oxygens (including phenoxy) is 2. The summed E-state index contributed by atoms with van der Waals surface area (Å²) < 4.78 is 38.2. The second kappa shape index (κ2) is 8.32. The van der Waals surface area contributed by atoms with Crippen molar-refractivity contribution in [2.75, 3.05) is 13.7 Å². The van der Waals surface area contributed by atoms with Crippen LogP contribution in [0.1, 0.15) is 43.0 Å². The molecule has 7 nitrogen and oxygen atoms in total. The molecule has 0 radical (unpaired) electrons. The average molecular weight is 366 g/mol. The number of rotatable bonds is 6. The number of benzene rings is 1. The maximum absolute atomic E-state index is 12.8. The third kappa shape index (κ3) is 4.71. The lowest BCUT2D eigenvalue weighted by Gasteiger charge is -2.29. The summed E-state index contributed by atoms with van der Waals surface area (Å²) in [5.74, 6) is -0.363. The highest BCUT2D eigenvalue weighted by molar-refractivity contribution is 7.89. The zero-order valence-electron chi connectivity index (χ0n) is 14.3. The van der Waals surface area contributed by atoms with Crippen LogP contribution in [-0.4, -0.2) is 34.1 Å². The number of carbonyl (C=O) groups is 1. The number of nitrogens with one attached hydrogen (secondary N) is 1. The number of sulfonamides is 1. The van der Waals surface area contributed by atoms with Gasteiger partial charge in [-0.3, -0.25) is 0 Å². The van der Waals surface area contributed by atoms with E-state index in [4.69, 9.17) is 14.7 Å². The normalized spacial score (nSPS) is 20.5. The molecule has 1 aromatic rings. The van der Waals surface area contributed by atoms with E-state index in [2.05, 4.69) is 4.72 Å². The van der Waals surface area contributed by atoms with Crippen LogP contribution in [0.25, 0.3) is 0 Å². The predicted octanol–water partition coefficient (Wildman–Crippen LogP) is 2.23. The van der Waals surface area contributed by atoms with E-state index in [1.165, 1.54) is 25.3 Å². The lowest BCUT2D eigenvalue weighted by atomic mass is 9.87. The fraction of sp³-hybridized carbons (Fsp3) is 0.529. The Morgan fingerprint density at radius 1 is 1.36 bits per heavy atom. The van der Waals surface area contributed by atoms with Gasteiger partial charge in [-0.25, -0.2) is 17.9 Å². The highest BCUT2D eigenvalue weighted by atomic mass is 32.2. The SMILES string of the molecule is COc1ccc(C(=O)OCC#N)cc1S(=O)(=O)NC1CCCCC1C. The fourth-order valence-corrected chi connectivity index (χ4v) is 4.52. The Morgan fingerprint density at radius 2 is 2.08 bits per heavy atom. The van der Waals surface area contributed by atoms with Gasteiger partial charge in [0.2, 0.25) is 10.0 Å². The lowest BCUT2D eigenvalue weighted by molar-refractivity contribution is 0.0554. The molecule has 0 aliphatic heterocycles. The van der Waals surface area contributed by atoms with Gasteiger partial charge in [-0.05, 0) is 37.0 Å². The van der Waals surface area contributed by atoms with Gasteiger partial charge >= 0.3 is 5.97 Å². The number of esters is 1. The van der Waals surface area contributed by atoms with Crippen molar-refractivity contribution in [3.8, 4) is 11.8 Å². The minimum atomic E-state index is -3.86. The van der Waals surface area contributed by atoms with Crippen molar-refractivity contribution in [2.45, 2.75) is 43.5 Å². The van der Waals surface area contributed by atoms with Gasteiger partial charge in [-0.2, -0.15) is 5.26 Å². The van der Waals surface area contributed by atoms with E-state index in [9.17, 15) is 13.2 Å². The first-order valence-electron chi connectivity index (χ1n) is 8.13. The first-order chi connectivity index (χ1) is 11.9. The Labute approximate surface area is 148 Å². The van der Waals surface area contributed by atoms with Crippen LogP contribution in [0.5, 0.6) is 5.75 Å². The van der Waals surface area contributed by atoms with Gasteiger partial charge in [0, 0.05) is 6.04 Å². The summed E-state index contributed by atoms with van der Waals surface area (Å²) in [5.41, 5.74) is 0.0492. The average Bonchev–Trinajstić information content (AvgIpc) is 2.61. The Hall–Kier alpha value is -2.11. The number of carbonyl (C=O) groups excluding carboxylic acids is 1. The second-order valence-corrected chi connectivity index (χ2v) is 7.77. The van der Waals surface area contributed by atoms with Crippen LogP contribution < -0.4 is 9.46 Å². The molecule has 0 spiro atoms. The van der Waals surface area contributed by atoms with Gasteiger partial charge in [0.15, 0.2) is 6.61 Å². The number of nitriles is 1. The zero-order chi connectivity index (χ0) is 18.4. The van der Waals surface area contributed by atoms with Gasteiger partial charge in [-0.15, -0.1) is 0 Å². The van der Waals surface area contributed by atoms with E-state index in [-0.39, 0.29) is 28.2 Å². The van der Waals surface area contributed by atoms with Crippen molar-refractivity contribution < 1.29 is 22.7 Å². The predicted molar refractivity (Wildman–Crippen MR) is 90.6 cm³/mol. The molecule has 8 heteroatoms. The lowest BCUT2D eigenvalue weighted by Crippen LogP contribution is -2.41. The summed E-state index contributed by atoms with van der Waals surface area (Å²) in [4.78, 5) is 11.8. The minimum absolute atomic E-state index is 0.0492. The summed E-state index contributed by atoms with van der Waals surface area (Å²) in [5, 5.41) is 8.48. The molecule has 1 aliphatic rings. The molecule has 0 saturated heterocycles. The highest BCUT2D eigenvalue weighted by Crippen LogP contribution is 2.29. The zero-order valence-corrected chi connectivity index (χ0v) is 15.1. The van der Waals surface area contributed by atoms with Crippen molar-refractivity contribution >= 4 is 16.0 Å². The third-order valence-electron chi connectivity index (χ3n) is 4.37. The first-order valence-corrected chi connectivity index (χ1v) is 9.62. The largest absolute Gasteiger partial charge is 0.495 e. The monoisotopic (exact) mass is 366 g/mol. The molecule has 1 N–H and O–H groups in total. The van der Waals surface area contributed by atoms with Crippen LogP contribution in [0.4, 0.5) is 0 Å². The van der Waals surface area contributed by atoms with E-state index < -0.39 is 22.6 Å². The Morgan fingerprint density at radius 3 is 2.72 bits per heavy atom. The first kappa shape index (κ1) is 19.2. The molecular weight excluding hydrogens is 344 g/mol. The standard InChI is InChI=1S/C17H22N2O5S/c1-12-5-3-4-6-14(12)19-25(21,22)16-11-13(7-8-15(16)23-2)17(20)24-10-9-18/h7-8,11-12,14,19H,3-6,10H2,1-2H3. The van der Waals surface area contributed by atoms with E-state index in [1.54, 1.807) is 6.07 Å². The molecule has 2 rings (SSSR count). The van der Waals surface area contributed by atoms with Gasteiger partial charge in [0.05, 0.1) is 12.7 Å². The number of nitrogens with zero attached hydrogens (tertiary/aromatic N) is 1. The smallest absolute Gasteiger partial charge is 0.339 e. The Balaban J connectivity index is 2.31. The molecule has 136 valence electrons. The Bertz CT molecular complexity index is 770. The van der Waals surface area contributed by atoms with Crippen molar-refractivity contribution in [3.05, 3.63) is 23.8 Å². The van der Waals surface area contributed by atoms with Crippen LogP contribution in [0.2, 0.25) is 0 Å². The second-order valence-electron chi connectivity index (χ2n) is 6.09. The van der Waals surface area contributed by atoms with Crippen molar-refractivity contribution in [3.63, 3.8) is 0 Å².